The van der Waals surface area contributed by atoms with Crippen molar-refractivity contribution in [2.75, 3.05) is 32.7 Å². The molecule has 38 heavy (non-hydrogen) atoms. The standard InChI is InChI=1S/C30H29N3O5/c1-36-22-14-21(15-23(16-22)37-2)31-28(34)19-38-30(35)29-24-10-6-7-11-26(24)32-27-12-13-33(18-25(27)29)17-20-8-4-3-5-9-20/h3-11,14-16H,12-13,17-19H2,1-2H3,(H,31,34). The number of pyridine rings is 1. The van der Waals surface area contributed by atoms with Crippen molar-refractivity contribution in [3.05, 3.63) is 95.2 Å². The number of amides is 1. The molecule has 1 N–H and O–H groups in total. The Morgan fingerprint density at radius 1 is 0.947 bits per heavy atom. The highest BCUT2D eigenvalue weighted by Crippen LogP contribution is 2.30. The topological polar surface area (TPSA) is 90.0 Å². The smallest absolute Gasteiger partial charge is 0.339 e. The van der Waals surface area contributed by atoms with E-state index in [0.717, 1.165) is 41.7 Å². The van der Waals surface area contributed by atoms with E-state index in [1.807, 2.05) is 42.5 Å². The third-order valence-corrected chi connectivity index (χ3v) is 6.55. The second-order valence-electron chi connectivity index (χ2n) is 9.10. The third-order valence-electron chi connectivity index (χ3n) is 6.55. The summed E-state index contributed by atoms with van der Waals surface area (Å²) < 4.78 is 16.0. The van der Waals surface area contributed by atoms with Crippen LogP contribution in [0.25, 0.3) is 10.9 Å². The number of nitrogens with one attached hydrogen (secondary N) is 1. The van der Waals surface area contributed by atoms with Gasteiger partial charge in [0.15, 0.2) is 6.61 Å². The van der Waals surface area contributed by atoms with Crippen molar-refractivity contribution in [1.29, 1.82) is 0 Å². The number of para-hydroxylation sites is 1. The lowest BCUT2D eigenvalue weighted by Gasteiger charge is -2.30. The number of carbonyl (C=O) groups is 2. The highest BCUT2D eigenvalue weighted by molar-refractivity contribution is 6.06. The van der Waals surface area contributed by atoms with Crippen molar-refractivity contribution in [2.45, 2.75) is 19.5 Å². The van der Waals surface area contributed by atoms with Crippen LogP contribution >= 0.6 is 0 Å². The van der Waals surface area contributed by atoms with Crippen molar-refractivity contribution < 1.29 is 23.8 Å². The predicted molar refractivity (Wildman–Crippen MR) is 144 cm³/mol. The molecule has 1 amide bonds. The summed E-state index contributed by atoms with van der Waals surface area (Å²) >= 11 is 0. The first-order valence-electron chi connectivity index (χ1n) is 12.4. The molecule has 0 spiro atoms. The van der Waals surface area contributed by atoms with E-state index in [-0.39, 0.29) is 0 Å². The first-order valence-corrected chi connectivity index (χ1v) is 12.4. The summed E-state index contributed by atoms with van der Waals surface area (Å²) in [5.74, 6) is 0.0598. The van der Waals surface area contributed by atoms with Crippen LogP contribution < -0.4 is 14.8 Å². The van der Waals surface area contributed by atoms with Gasteiger partial charge in [-0.15, -0.1) is 0 Å². The highest BCUT2D eigenvalue weighted by Gasteiger charge is 2.27. The van der Waals surface area contributed by atoms with Crippen molar-refractivity contribution in [1.82, 2.24) is 9.88 Å². The summed E-state index contributed by atoms with van der Waals surface area (Å²) in [7, 11) is 3.06. The van der Waals surface area contributed by atoms with Gasteiger partial charge in [-0.1, -0.05) is 48.5 Å². The maximum Gasteiger partial charge on any atom is 0.339 e. The Morgan fingerprint density at radius 3 is 2.39 bits per heavy atom. The van der Waals surface area contributed by atoms with Crippen molar-refractivity contribution in [3.63, 3.8) is 0 Å². The second-order valence-corrected chi connectivity index (χ2v) is 9.10. The number of carbonyl (C=O) groups excluding carboxylic acids is 2. The first kappa shape index (κ1) is 25.2. The number of ether oxygens (including phenoxy) is 3. The summed E-state index contributed by atoms with van der Waals surface area (Å²) in [6, 6.07) is 22.8. The van der Waals surface area contributed by atoms with Gasteiger partial charge in [-0.25, -0.2) is 4.79 Å². The zero-order valence-electron chi connectivity index (χ0n) is 21.4. The molecule has 0 bridgehead atoms. The summed E-state index contributed by atoms with van der Waals surface area (Å²) in [5, 5.41) is 3.45. The Labute approximate surface area is 221 Å². The predicted octanol–water partition coefficient (Wildman–Crippen LogP) is 4.61. The van der Waals surface area contributed by atoms with Crippen LogP contribution in [0, 0.1) is 0 Å². The minimum absolute atomic E-state index is 0.433. The van der Waals surface area contributed by atoms with E-state index < -0.39 is 18.5 Å². The van der Waals surface area contributed by atoms with Gasteiger partial charge in [-0.3, -0.25) is 14.7 Å². The number of hydrogen-bond acceptors (Lipinski definition) is 7. The SMILES string of the molecule is COc1cc(NC(=O)COC(=O)c2c3c(nc4ccccc24)CCN(Cc2ccccc2)C3)cc(OC)c1. The van der Waals surface area contributed by atoms with E-state index in [1.165, 1.54) is 19.8 Å². The Morgan fingerprint density at radius 2 is 1.66 bits per heavy atom. The third kappa shape index (κ3) is 5.60. The quantitative estimate of drug-likeness (QED) is 0.346. The molecule has 0 aliphatic carbocycles. The molecule has 1 aliphatic rings. The molecule has 2 heterocycles. The van der Waals surface area contributed by atoms with Gasteiger partial charge in [-0.2, -0.15) is 0 Å². The molecule has 0 saturated heterocycles. The average molecular weight is 512 g/mol. The van der Waals surface area contributed by atoms with Crippen molar-refractivity contribution in [2.24, 2.45) is 0 Å². The number of nitrogens with zero attached hydrogens (tertiary/aromatic N) is 2. The fourth-order valence-electron chi connectivity index (χ4n) is 4.74. The lowest BCUT2D eigenvalue weighted by Crippen LogP contribution is -2.32. The minimum Gasteiger partial charge on any atom is -0.497 e. The lowest BCUT2D eigenvalue weighted by atomic mass is 9.95. The number of benzene rings is 3. The molecule has 5 rings (SSSR count). The van der Waals surface area contributed by atoms with E-state index in [2.05, 4.69) is 22.3 Å². The van der Waals surface area contributed by atoms with Gasteiger partial charge >= 0.3 is 5.97 Å². The van der Waals surface area contributed by atoms with Crippen LogP contribution in [0.5, 0.6) is 11.5 Å². The van der Waals surface area contributed by atoms with Gasteiger partial charge in [0.1, 0.15) is 11.5 Å². The second kappa shape index (κ2) is 11.3. The van der Waals surface area contributed by atoms with E-state index in [0.29, 0.717) is 29.3 Å². The maximum atomic E-state index is 13.5. The van der Waals surface area contributed by atoms with Gasteiger partial charge in [-0.05, 0) is 11.6 Å². The summed E-state index contributed by atoms with van der Waals surface area (Å²) in [4.78, 5) is 33.3. The Kier molecular flexibility index (Phi) is 7.51. The van der Waals surface area contributed by atoms with Crippen LogP contribution in [-0.4, -0.2) is 49.1 Å². The monoisotopic (exact) mass is 511 g/mol. The molecule has 4 aromatic rings. The van der Waals surface area contributed by atoms with Gasteiger partial charge in [0.05, 0.1) is 25.3 Å². The highest BCUT2D eigenvalue weighted by atomic mass is 16.5. The summed E-state index contributed by atoms with van der Waals surface area (Å²) in [6.45, 7) is 1.75. The normalized spacial score (nSPS) is 13.0. The van der Waals surface area contributed by atoms with Crippen molar-refractivity contribution in [3.8, 4) is 11.5 Å². The van der Waals surface area contributed by atoms with Crippen LogP contribution in [0.4, 0.5) is 5.69 Å². The zero-order chi connectivity index (χ0) is 26.5. The summed E-state index contributed by atoms with van der Waals surface area (Å²) in [6.07, 6.45) is 0.728. The lowest BCUT2D eigenvalue weighted by molar-refractivity contribution is -0.119. The molecule has 8 nitrogen and oxygen atoms in total. The molecule has 0 saturated carbocycles. The number of methoxy groups -OCH3 is 2. The van der Waals surface area contributed by atoms with Crippen LogP contribution in [0.2, 0.25) is 0 Å². The molecule has 194 valence electrons. The van der Waals surface area contributed by atoms with E-state index >= 15 is 0 Å². The van der Waals surface area contributed by atoms with Gasteiger partial charge in [0.2, 0.25) is 0 Å². The molecule has 0 unspecified atom stereocenters. The van der Waals surface area contributed by atoms with E-state index in [1.54, 1.807) is 18.2 Å². The number of aromatic nitrogens is 1. The van der Waals surface area contributed by atoms with Gasteiger partial charge in [0, 0.05) is 66.6 Å². The minimum atomic E-state index is -0.542. The number of anilines is 1. The molecule has 0 atom stereocenters. The molecule has 1 aliphatic heterocycles. The summed E-state index contributed by atoms with van der Waals surface area (Å²) in [5.41, 5.74) is 4.65. The van der Waals surface area contributed by atoms with E-state index in [4.69, 9.17) is 19.2 Å². The Bertz CT molecular complexity index is 1450. The number of fused-ring (bicyclic) bond motifs is 2. The molecule has 0 fully saturated rings. The zero-order valence-corrected chi connectivity index (χ0v) is 21.4. The van der Waals surface area contributed by atoms with Gasteiger partial charge in [0.25, 0.3) is 5.91 Å². The number of hydrogen-bond donors (Lipinski definition) is 1. The molecular weight excluding hydrogens is 482 g/mol. The van der Waals surface area contributed by atoms with Crippen molar-refractivity contribution >= 4 is 28.5 Å². The van der Waals surface area contributed by atoms with Crippen LogP contribution in [0.3, 0.4) is 0 Å². The molecule has 3 aromatic carbocycles. The van der Waals surface area contributed by atoms with Crippen LogP contribution in [-0.2, 0) is 29.0 Å². The first-order chi connectivity index (χ1) is 18.5. The maximum absolute atomic E-state index is 13.5. The van der Waals surface area contributed by atoms with E-state index in [9.17, 15) is 9.59 Å². The number of esters is 1. The molecule has 8 heteroatoms. The number of rotatable bonds is 8. The van der Waals surface area contributed by atoms with Gasteiger partial charge < -0.3 is 19.5 Å². The van der Waals surface area contributed by atoms with Crippen LogP contribution in [0.1, 0.15) is 27.2 Å². The molecular formula is C30H29N3O5. The fraction of sp³-hybridized carbons (Fsp3) is 0.233. The Hall–Kier alpha value is -4.43. The fourth-order valence-corrected chi connectivity index (χ4v) is 4.74. The molecule has 1 aromatic heterocycles. The largest absolute Gasteiger partial charge is 0.497 e. The average Bonchev–Trinajstić information content (AvgIpc) is 2.95. The van der Waals surface area contributed by atoms with Crippen LogP contribution in [0.15, 0.2) is 72.8 Å². The molecule has 0 radical (unpaired) electrons. The Balaban J connectivity index is 1.35.